The first-order valence-electron chi connectivity index (χ1n) is 8.04. The van der Waals surface area contributed by atoms with Gasteiger partial charge in [0.25, 0.3) is 0 Å². The Labute approximate surface area is 143 Å². The van der Waals surface area contributed by atoms with Crippen LogP contribution in [0.4, 0.5) is 23.2 Å². The molecule has 1 saturated carbocycles. The molecule has 1 aromatic carbocycles. The van der Waals surface area contributed by atoms with E-state index in [4.69, 9.17) is 0 Å². The minimum Gasteiger partial charge on any atom is -0.336 e. The SMILES string of the molecule is CN(CC(=O)Nc1ccc(F)cc1)C(=O)[C@@H]1CCC[C@H](C(F)(F)F)C1. The molecule has 138 valence electrons. The van der Waals surface area contributed by atoms with Crippen LogP contribution >= 0.6 is 0 Å². The second-order valence-electron chi connectivity index (χ2n) is 6.35. The van der Waals surface area contributed by atoms with E-state index in [2.05, 4.69) is 5.32 Å². The van der Waals surface area contributed by atoms with Crippen LogP contribution in [0, 0.1) is 17.7 Å². The number of amides is 2. The van der Waals surface area contributed by atoms with Crippen LogP contribution in [0.1, 0.15) is 25.7 Å². The van der Waals surface area contributed by atoms with Gasteiger partial charge < -0.3 is 10.2 Å². The van der Waals surface area contributed by atoms with Gasteiger partial charge in [0.1, 0.15) is 5.82 Å². The maximum Gasteiger partial charge on any atom is 0.391 e. The highest BCUT2D eigenvalue weighted by Crippen LogP contribution is 2.40. The average Bonchev–Trinajstić information content (AvgIpc) is 2.55. The fourth-order valence-corrected chi connectivity index (χ4v) is 3.05. The molecule has 2 amide bonds. The molecule has 0 aromatic heterocycles. The number of hydrogen-bond donors (Lipinski definition) is 1. The maximum atomic E-state index is 12.8. The lowest BCUT2D eigenvalue weighted by molar-refractivity contribution is -0.187. The van der Waals surface area contributed by atoms with Crippen LogP contribution in [0.5, 0.6) is 0 Å². The quantitative estimate of drug-likeness (QED) is 0.835. The summed E-state index contributed by atoms with van der Waals surface area (Å²) in [7, 11) is 1.39. The topological polar surface area (TPSA) is 49.4 Å². The summed E-state index contributed by atoms with van der Waals surface area (Å²) in [6.45, 7) is -0.274. The van der Waals surface area contributed by atoms with Gasteiger partial charge in [0, 0.05) is 18.7 Å². The summed E-state index contributed by atoms with van der Waals surface area (Å²) < 4.78 is 51.3. The fourth-order valence-electron chi connectivity index (χ4n) is 3.05. The van der Waals surface area contributed by atoms with Gasteiger partial charge in [0.2, 0.25) is 11.8 Å². The molecule has 0 bridgehead atoms. The summed E-state index contributed by atoms with van der Waals surface area (Å²) in [5.74, 6) is -3.57. The molecular weight excluding hydrogens is 340 g/mol. The standard InChI is InChI=1S/C17H20F4N2O2/c1-23(10-15(24)22-14-7-5-13(18)6-8-14)16(25)11-3-2-4-12(9-11)17(19,20)21/h5-8,11-12H,2-4,9-10H2,1H3,(H,22,24)/t11-,12+/m1/s1. The zero-order chi connectivity index (χ0) is 18.6. The van der Waals surface area contributed by atoms with Crippen molar-refractivity contribution in [3.05, 3.63) is 30.1 Å². The van der Waals surface area contributed by atoms with Crippen molar-refractivity contribution in [1.29, 1.82) is 0 Å². The van der Waals surface area contributed by atoms with Crippen LogP contribution in [0.15, 0.2) is 24.3 Å². The average molecular weight is 360 g/mol. The number of anilines is 1. The number of nitrogens with zero attached hydrogens (tertiary/aromatic N) is 1. The van der Waals surface area contributed by atoms with Crippen LogP contribution in [-0.2, 0) is 9.59 Å². The second-order valence-corrected chi connectivity index (χ2v) is 6.35. The molecule has 1 aromatic rings. The van der Waals surface area contributed by atoms with Crippen LogP contribution in [-0.4, -0.2) is 36.5 Å². The first-order valence-corrected chi connectivity index (χ1v) is 8.04. The van der Waals surface area contributed by atoms with E-state index in [1.54, 1.807) is 0 Å². The molecule has 1 fully saturated rings. The van der Waals surface area contributed by atoms with E-state index in [1.165, 1.54) is 31.3 Å². The van der Waals surface area contributed by atoms with E-state index in [-0.39, 0.29) is 19.4 Å². The van der Waals surface area contributed by atoms with Crippen molar-refractivity contribution in [2.45, 2.75) is 31.9 Å². The number of alkyl halides is 3. The lowest BCUT2D eigenvalue weighted by Gasteiger charge is -2.32. The monoisotopic (exact) mass is 360 g/mol. The van der Waals surface area contributed by atoms with E-state index in [1.807, 2.05) is 0 Å². The van der Waals surface area contributed by atoms with Gasteiger partial charge in [-0.1, -0.05) is 6.42 Å². The molecule has 4 nitrogen and oxygen atoms in total. The molecule has 2 atom stereocenters. The lowest BCUT2D eigenvalue weighted by atomic mass is 9.80. The summed E-state index contributed by atoms with van der Waals surface area (Å²) in [5.41, 5.74) is 0.377. The maximum absolute atomic E-state index is 12.8. The zero-order valence-electron chi connectivity index (χ0n) is 13.8. The molecule has 0 heterocycles. The molecule has 8 heteroatoms. The smallest absolute Gasteiger partial charge is 0.336 e. The summed E-state index contributed by atoms with van der Waals surface area (Å²) in [4.78, 5) is 25.4. The lowest BCUT2D eigenvalue weighted by Crippen LogP contribution is -2.41. The Hall–Kier alpha value is -2.12. The zero-order valence-corrected chi connectivity index (χ0v) is 13.8. The number of halogens is 4. The molecule has 0 radical (unpaired) electrons. The number of hydrogen-bond acceptors (Lipinski definition) is 2. The van der Waals surface area contributed by atoms with E-state index in [0.29, 0.717) is 18.5 Å². The fraction of sp³-hybridized carbons (Fsp3) is 0.529. The van der Waals surface area contributed by atoms with Crippen molar-refractivity contribution in [1.82, 2.24) is 4.90 Å². The minimum atomic E-state index is -4.29. The molecule has 2 rings (SSSR count). The third-order valence-electron chi connectivity index (χ3n) is 4.37. The number of carbonyl (C=O) groups is 2. The molecule has 0 aliphatic heterocycles. The van der Waals surface area contributed by atoms with Crippen molar-refractivity contribution in [3.8, 4) is 0 Å². The predicted molar refractivity (Wildman–Crippen MR) is 84.2 cm³/mol. The molecular formula is C17H20F4N2O2. The molecule has 0 spiro atoms. The van der Waals surface area contributed by atoms with E-state index in [9.17, 15) is 27.2 Å². The third-order valence-corrected chi connectivity index (χ3v) is 4.37. The van der Waals surface area contributed by atoms with Gasteiger partial charge in [-0.15, -0.1) is 0 Å². The highest BCUT2D eigenvalue weighted by molar-refractivity contribution is 5.94. The highest BCUT2D eigenvalue weighted by atomic mass is 19.4. The van der Waals surface area contributed by atoms with Gasteiger partial charge >= 0.3 is 6.18 Å². The van der Waals surface area contributed by atoms with Crippen LogP contribution in [0.2, 0.25) is 0 Å². The molecule has 1 aliphatic carbocycles. The van der Waals surface area contributed by atoms with Crippen molar-refractivity contribution < 1.29 is 27.2 Å². The number of carbonyl (C=O) groups excluding carboxylic acids is 2. The molecule has 0 saturated heterocycles. The number of likely N-dealkylation sites (N-methyl/N-ethyl adjacent to an activating group) is 1. The number of rotatable bonds is 4. The Bertz CT molecular complexity index is 616. The number of nitrogens with one attached hydrogen (secondary N) is 1. The number of benzene rings is 1. The summed E-state index contributed by atoms with van der Waals surface area (Å²) in [6, 6.07) is 5.13. The molecule has 1 aliphatic rings. The summed E-state index contributed by atoms with van der Waals surface area (Å²) >= 11 is 0. The Morgan fingerprint density at radius 3 is 2.44 bits per heavy atom. The van der Waals surface area contributed by atoms with Gasteiger partial charge in [0.15, 0.2) is 0 Å². The first-order chi connectivity index (χ1) is 11.7. The summed E-state index contributed by atoms with van der Waals surface area (Å²) in [5, 5.41) is 2.51. The minimum absolute atomic E-state index is 0.0437. The van der Waals surface area contributed by atoms with E-state index >= 15 is 0 Å². The predicted octanol–water partition coefficient (Wildman–Crippen LogP) is 3.59. The Morgan fingerprint density at radius 2 is 1.84 bits per heavy atom. The van der Waals surface area contributed by atoms with Crippen molar-refractivity contribution in [2.24, 2.45) is 11.8 Å². The van der Waals surface area contributed by atoms with Crippen LogP contribution in [0.25, 0.3) is 0 Å². The third kappa shape index (κ3) is 5.44. The van der Waals surface area contributed by atoms with E-state index < -0.39 is 35.6 Å². The largest absolute Gasteiger partial charge is 0.391 e. The van der Waals surface area contributed by atoms with Crippen LogP contribution < -0.4 is 5.32 Å². The second kappa shape index (κ2) is 7.84. The Kier molecular flexibility index (Phi) is 6.02. The Morgan fingerprint density at radius 1 is 1.20 bits per heavy atom. The van der Waals surface area contributed by atoms with Gasteiger partial charge in [-0.05, 0) is 43.5 Å². The Balaban J connectivity index is 1.88. The van der Waals surface area contributed by atoms with Crippen molar-refractivity contribution in [2.75, 3.05) is 18.9 Å². The molecule has 25 heavy (non-hydrogen) atoms. The normalized spacial score (nSPS) is 20.8. The van der Waals surface area contributed by atoms with Gasteiger partial charge in [-0.25, -0.2) is 4.39 Å². The first kappa shape index (κ1) is 19.2. The van der Waals surface area contributed by atoms with Crippen LogP contribution in [0.3, 0.4) is 0 Å². The summed E-state index contributed by atoms with van der Waals surface area (Å²) in [6.07, 6.45) is -3.74. The molecule has 1 N–H and O–H groups in total. The highest BCUT2D eigenvalue weighted by Gasteiger charge is 2.44. The van der Waals surface area contributed by atoms with Gasteiger partial charge in [0.05, 0.1) is 12.5 Å². The van der Waals surface area contributed by atoms with Gasteiger partial charge in [-0.2, -0.15) is 13.2 Å². The van der Waals surface area contributed by atoms with Crippen molar-refractivity contribution >= 4 is 17.5 Å². The molecule has 0 unspecified atom stereocenters. The van der Waals surface area contributed by atoms with E-state index in [0.717, 1.165) is 4.90 Å². The van der Waals surface area contributed by atoms with Crippen molar-refractivity contribution in [3.63, 3.8) is 0 Å². The van der Waals surface area contributed by atoms with Gasteiger partial charge in [-0.3, -0.25) is 9.59 Å².